The molecule has 1 aromatic heterocycles. The molecule has 0 spiro atoms. The minimum absolute atomic E-state index is 0.0000902. The number of benzene rings is 2. The molecule has 1 fully saturated rings. The van der Waals surface area contributed by atoms with Gasteiger partial charge in [-0.1, -0.05) is 18.2 Å². The van der Waals surface area contributed by atoms with Gasteiger partial charge in [-0.2, -0.15) is 0 Å². The second-order valence-corrected chi connectivity index (χ2v) is 7.50. The van der Waals surface area contributed by atoms with Crippen molar-refractivity contribution in [2.45, 2.75) is 25.9 Å². The number of methoxy groups -OCH3 is 1. The van der Waals surface area contributed by atoms with Crippen LogP contribution in [0.3, 0.4) is 0 Å². The number of aromatic nitrogens is 1. The molecular weight excluding hydrogens is 380 g/mol. The Kier molecular flexibility index (Phi) is 5.61. The van der Waals surface area contributed by atoms with E-state index in [4.69, 9.17) is 4.74 Å². The number of amides is 3. The van der Waals surface area contributed by atoms with Gasteiger partial charge in [0.1, 0.15) is 5.75 Å². The van der Waals surface area contributed by atoms with Crippen molar-refractivity contribution in [2.75, 3.05) is 25.1 Å². The molecule has 1 atom stereocenters. The fraction of sp³-hybridized carbons (Fsp3) is 0.304. The van der Waals surface area contributed by atoms with Crippen LogP contribution in [0.5, 0.6) is 5.75 Å². The van der Waals surface area contributed by atoms with Crippen LogP contribution in [-0.2, 0) is 11.3 Å². The quantitative estimate of drug-likeness (QED) is 0.661. The number of aryl methyl sites for hydroxylation is 1. The Labute approximate surface area is 175 Å². The lowest BCUT2D eigenvalue weighted by atomic mass is 10.2. The Morgan fingerprint density at radius 3 is 2.70 bits per heavy atom. The molecule has 3 amide bonds. The highest BCUT2D eigenvalue weighted by molar-refractivity contribution is 5.96. The fourth-order valence-corrected chi connectivity index (χ4v) is 3.98. The summed E-state index contributed by atoms with van der Waals surface area (Å²) >= 11 is 0. The number of carbonyl (C=O) groups excluding carboxylic acids is 2. The average Bonchev–Trinajstić information content (AvgIpc) is 3.27. The van der Waals surface area contributed by atoms with Crippen molar-refractivity contribution in [3.63, 3.8) is 0 Å². The summed E-state index contributed by atoms with van der Waals surface area (Å²) in [5.74, 6) is 0.741. The minimum Gasteiger partial charge on any atom is -0.497 e. The molecule has 1 aliphatic rings. The van der Waals surface area contributed by atoms with Gasteiger partial charge in [0.15, 0.2) is 0 Å². The standard InChI is InChI=1S/C23H26N4O3/c1-16-13-17-5-3-4-6-21(17)26(16)12-11-24-23(29)25-18-14-22(28)27(15-18)19-7-9-20(30-2)10-8-19/h3-10,13,18H,11-12,14-15H2,1-2H3,(H2,24,25,29)/t18-/m0/s1. The number of ether oxygens (including phenoxy) is 1. The second-order valence-electron chi connectivity index (χ2n) is 7.50. The van der Waals surface area contributed by atoms with Crippen LogP contribution in [0.1, 0.15) is 12.1 Å². The summed E-state index contributed by atoms with van der Waals surface area (Å²) < 4.78 is 7.35. The fourth-order valence-electron chi connectivity index (χ4n) is 3.98. The Balaban J connectivity index is 1.29. The van der Waals surface area contributed by atoms with Crippen LogP contribution < -0.4 is 20.3 Å². The molecule has 7 heteroatoms. The topological polar surface area (TPSA) is 75.6 Å². The Morgan fingerprint density at radius 1 is 1.17 bits per heavy atom. The van der Waals surface area contributed by atoms with E-state index < -0.39 is 0 Å². The monoisotopic (exact) mass is 406 g/mol. The van der Waals surface area contributed by atoms with Gasteiger partial charge in [-0.05, 0) is 48.7 Å². The lowest BCUT2D eigenvalue weighted by Crippen LogP contribution is -2.44. The lowest BCUT2D eigenvalue weighted by molar-refractivity contribution is -0.117. The summed E-state index contributed by atoms with van der Waals surface area (Å²) in [6, 6.07) is 17.2. The third-order valence-electron chi connectivity index (χ3n) is 5.48. The highest BCUT2D eigenvalue weighted by Gasteiger charge is 2.31. The molecule has 3 aromatic rings. The number of carbonyl (C=O) groups is 2. The van der Waals surface area contributed by atoms with Crippen molar-refractivity contribution in [1.82, 2.24) is 15.2 Å². The van der Waals surface area contributed by atoms with Gasteiger partial charge in [0.2, 0.25) is 5.91 Å². The van der Waals surface area contributed by atoms with Crippen LogP contribution in [-0.4, -0.2) is 42.7 Å². The van der Waals surface area contributed by atoms with Gasteiger partial charge in [0.05, 0.1) is 13.2 Å². The first-order chi connectivity index (χ1) is 14.5. The maximum absolute atomic E-state index is 12.4. The summed E-state index contributed by atoms with van der Waals surface area (Å²) in [5.41, 5.74) is 3.13. The SMILES string of the molecule is COc1ccc(N2C[C@@H](NC(=O)NCCn3c(C)cc4ccccc43)CC2=O)cc1. The van der Waals surface area contributed by atoms with Crippen LogP contribution in [0, 0.1) is 6.92 Å². The van der Waals surface area contributed by atoms with E-state index in [1.807, 2.05) is 36.4 Å². The molecule has 0 radical (unpaired) electrons. The number of hydrogen-bond acceptors (Lipinski definition) is 3. The van der Waals surface area contributed by atoms with Gasteiger partial charge in [-0.15, -0.1) is 0 Å². The molecule has 4 rings (SSSR count). The predicted molar refractivity (Wildman–Crippen MR) is 117 cm³/mol. The number of hydrogen-bond donors (Lipinski definition) is 2. The molecule has 7 nitrogen and oxygen atoms in total. The zero-order chi connectivity index (χ0) is 21.1. The summed E-state index contributed by atoms with van der Waals surface area (Å²) in [6.07, 6.45) is 0.292. The van der Waals surface area contributed by atoms with Gasteiger partial charge in [-0.3, -0.25) is 4.79 Å². The summed E-state index contributed by atoms with van der Waals surface area (Å²) in [7, 11) is 1.61. The number of nitrogens with zero attached hydrogens (tertiary/aromatic N) is 2. The first-order valence-corrected chi connectivity index (χ1v) is 10.1. The molecule has 1 aliphatic heterocycles. The van der Waals surface area contributed by atoms with Gasteiger partial charge in [0, 0.05) is 43.0 Å². The first-order valence-electron chi connectivity index (χ1n) is 10.1. The second kappa shape index (κ2) is 8.49. The Bertz CT molecular complexity index is 1060. The number of anilines is 1. The highest BCUT2D eigenvalue weighted by Crippen LogP contribution is 2.24. The molecule has 30 heavy (non-hydrogen) atoms. The van der Waals surface area contributed by atoms with E-state index >= 15 is 0 Å². The summed E-state index contributed by atoms with van der Waals surface area (Å²) in [6.45, 7) is 3.72. The van der Waals surface area contributed by atoms with Crippen molar-refractivity contribution in [3.05, 3.63) is 60.3 Å². The third-order valence-corrected chi connectivity index (χ3v) is 5.48. The molecule has 2 aromatic carbocycles. The first kappa shape index (κ1) is 19.8. The van der Waals surface area contributed by atoms with Crippen molar-refractivity contribution >= 4 is 28.5 Å². The van der Waals surface area contributed by atoms with Gasteiger partial charge in [-0.25, -0.2) is 4.79 Å². The van der Waals surface area contributed by atoms with Crippen LogP contribution >= 0.6 is 0 Å². The number of urea groups is 1. The van der Waals surface area contributed by atoms with E-state index in [0.29, 0.717) is 26.1 Å². The number of para-hydroxylation sites is 1. The van der Waals surface area contributed by atoms with Crippen LogP contribution in [0.25, 0.3) is 10.9 Å². The average molecular weight is 406 g/mol. The van der Waals surface area contributed by atoms with E-state index in [1.54, 1.807) is 12.0 Å². The molecule has 2 N–H and O–H groups in total. The van der Waals surface area contributed by atoms with Crippen LogP contribution in [0.2, 0.25) is 0 Å². The third kappa shape index (κ3) is 4.10. The van der Waals surface area contributed by atoms with Crippen LogP contribution in [0.15, 0.2) is 54.6 Å². The van der Waals surface area contributed by atoms with E-state index in [2.05, 4.69) is 40.3 Å². The van der Waals surface area contributed by atoms with Gasteiger partial charge >= 0.3 is 6.03 Å². The predicted octanol–water partition coefficient (Wildman–Crippen LogP) is 3.06. The maximum atomic E-state index is 12.4. The molecule has 0 aliphatic carbocycles. The minimum atomic E-state index is -0.251. The molecule has 0 bridgehead atoms. The van der Waals surface area contributed by atoms with E-state index in [9.17, 15) is 9.59 Å². The van der Waals surface area contributed by atoms with Gasteiger partial charge in [0.25, 0.3) is 0 Å². The van der Waals surface area contributed by atoms with Crippen molar-refractivity contribution in [2.24, 2.45) is 0 Å². The molecule has 1 saturated heterocycles. The largest absolute Gasteiger partial charge is 0.497 e. The van der Waals surface area contributed by atoms with E-state index in [1.165, 1.54) is 5.39 Å². The van der Waals surface area contributed by atoms with E-state index in [-0.39, 0.29) is 18.0 Å². The molecule has 0 unspecified atom stereocenters. The van der Waals surface area contributed by atoms with Crippen molar-refractivity contribution < 1.29 is 14.3 Å². The summed E-state index contributed by atoms with van der Waals surface area (Å²) in [5, 5.41) is 7.02. The van der Waals surface area contributed by atoms with Crippen molar-refractivity contribution in [1.29, 1.82) is 0 Å². The number of fused-ring (bicyclic) bond motifs is 1. The number of nitrogens with one attached hydrogen (secondary N) is 2. The van der Waals surface area contributed by atoms with Crippen molar-refractivity contribution in [3.8, 4) is 5.75 Å². The lowest BCUT2D eigenvalue weighted by Gasteiger charge is -2.18. The zero-order valence-corrected chi connectivity index (χ0v) is 17.2. The maximum Gasteiger partial charge on any atom is 0.315 e. The molecule has 0 saturated carbocycles. The molecule has 156 valence electrons. The van der Waals surface area contributed by atoms with E-state index in [0.717, 1.165) is 22.6 Å². The van der Waals surface area contributed by atoms with Crippen LogP contribution in [0.4, 0.5) is 10.5 Å². The Morgan fingerprint density at radius 2 is 1.93 bits per heavy atom. The summed E-state index contributed by atoms with van der Waals surface area (Å²) in [4.78, 5) is 26.4. The van der Waals surface area contributed by atoms with Gasteiger partial charge < -0.3 is 24.8 Å². The zero-order valence-electron chi connectivity index (χ0n) is 17.2. The normalized spacial score (nSPS) is 16.1. The smallest absolute Gasteiger partial charge is 0.315 e. The molecular formula is C23H26N4O3. The highest BCUT2D eigenvalue weighted by atomic mass is 16.5. The molecule has 2 heterocycles. The number of rotatable bonds is 6. The Hall–Kier alpha value is -3.48.